The highest BCUT2D eigenvalue weighted by Gasteiger charge is 2.18. The van der Waals surface area contributed by atoms with Gasteiger partial charge in [-0.05, 0) is 57.0 Å². The third kappa shape index (κ3) is 6.05. The molecule has 0 aliphatic carbocycles. The van der Waals surface area contributed by atoms with Crippen molar-refractivity contribution < 1.29 is 14.3 Å². The van der Waals surface area contributed by atoms with Crippen molar-refractivity contribution in [3.05, 3.63) is 75.7 Å². The zero-order valence-corrected chi connectivity index (χ0v) is 18.9. The maximum absolute atomic E-state index is 13.3. The van der Waals surface area contributed by atoms with Gasteiger partial charge in [0.2, 0.25) is 5.88 Å². The molecule has 170 valence electrons. The van der Waals surface area contributed by atoms with E-state index in [9.17, 15) is 14.9 Å². The number of hydrogen-bond acceptors (Lipinski definition) is 6. The molecule has 0 saturated heterocycles. The van der Waals surface area contributed by atoms with Crippen LogP contribution in [0.4, 0.5) is 0 Å². The Labute approximate surface area is 192 Å². The Bertz CT molecular complexity index is 1260. The van der Waals surface area contributed by atoms with E-state index in [1.165, 1.54) is 10.5 Å². The summed E-state index contributed by atoms with van der Waals surface area (Å²) in [6, 6.07) is 14.3. The van der Waals surface area contributed by atoms with Gasteiger partial charge in [-0.1, -0.05) is 24.3 Å². The zero-order valence-electron chi connectivity index (χ0n) is 18.9. The van der Waals surface area contributed by atoms with Crippen LogP contribution in [0.3, 0.4) is 0 Å². The van der Waals surface area contributed by atoms with Crippen LogP contribution in [0, 0.1) is 18.3 Å². The minimum absolute atomic E-state index is 0.0109. The van der Waals surface area contributed by atoms with Crippen molar-refractivity contribution in [1.29, 1.82) is 5.26 Å². The Hall–Kier alpha value is -3.96. The summed E-state index contributed by atoms with van der Waals surface area (Å²) in [5.41, 5.74) is 0.560. The summed E-state index contributed by atoms with van der Waals surface area (Å²) >= 11 is 0. The van der Waals surface area contributed by atoms with Gasteiger partial charge in [0.05, 0.1) is 6.10 Å². The fourth-order valence-electron chi connectivity index (χ4n) is 3.07. The molecular formula is C25H26N4O4. The van der Waals surface area contributed by atoms with Gasteiger partial charge in [-0.25, -0.2) is 0 Å². The molecule has 0 bridgehead atoms. The first-order valence-electron chi connectivity index (χ1n) is 10.7. The van der Waals surface area contributed by atoms with E-state index in [2.05, 4.69) is 10.3 Å². The van der Waals surface area contributed by atoms with E-state index >= 15 is 0 Å². The van der Waals surface area contributed by atoms with E-state index in [1.807, 2.05) is 39.0 Å². The lowest BCUT2D eigenvalue weighted by molar-refractivity contribution is -0.117. The number of carbonyl (C=O) groups is 1. The number of aromatic nitrogens is 2. The molecule has 1 N–H and O–H groups in total. The number of rotatable bonds is 9. The molecule has 8 nitrogen and oxygen atoms in total. The van der Waals surface area contributed by atoms with E-state index in [4.69, 9.17) is 9.47 Å². The molecule has 1 aromatic carbocycles. The van der Waals surface area contributed by atoms with E-state index < -0.39 is 11.5 Å². The Morgan fingerprint density at radius 3 is 2.70 bits per heavy atom. The molecule has 1 amide bonds. The first-order chi connectivity index (χ1) is 15.9. The first-order valence-corrected chi connectivity index (χ1v) is 10.7. The molecule has 33 heavy (non-hydrogen) atoms. The SMILES string of the molecule is Cc1cccn2c(=O)c(C=C(C#N)C(=O)NCCCOC(C)C)c(Oc3ccccc3)nc12. The normalized spacial score (nSPS) is 11.4. The average Bonchev–Trinajstić information content (AvgIpc) is 2.80. The second kappa shape index (κ2) is 11.1. The van der Waals surface area contributed by atoms with Crippen LogP contribution in [0.25, 0.3) is 11.7 Å². The minimum Gasteiger partial charge on any atom is -0.438 e. The van der Waals surface area contributed by atoms with Crippen LogP contribution >= 0.6 is 0 Å². The molecule has 0 fully saturated rings. The van der Waals surface area contributed by atoms with Gasteiger partial charge < -0.3 is 14.8 Å². The Morgan fingerprint density at radius 1 is 1.24 bits per heavy atom. The molecule has 0 spiro atoms. The molecule has 8 heteroatoms. The Morgan fingerprint density at radius 2 is 2.00 bits per heavy atom. The van der Waals surface area contributed by atoms with Crippen molar-refractivity contribution in [2.75, 3.05) is 13.2 Å². The quantitative estimate of drug-likeness (QED) is 0.306. The van der Waals surface area contributed by atoms with E-state index in [0.29, 0.717) is 31.0 Å². The standard InChI is InChI=1S/C25H26N4O4/c1-17(2)32-14-8-12-27-23(30)19(16-26)15-21-24(33-20-10-5-4-6-11-20)28-22-18(3)9-7-13-29(22)25(21)31/h4-7,9-11,13,15,17H,8,12,14H2,1-3H3,(H,27,30). The molecule has 0 atom stereocenters. The number of para-hydroxylation sites is 1. The van der Waals surface area contributed by atoms with Gasteiger partial charge in [-0.3, -0.25) is 14.0 Å². The van der Waals surface area contributed by atoms with Crippen molar-refractivity contribution in [2.45, 2.75) is 33.3 Å². The van der Waals surface area contributed by atoms with Crippen LogP contribution in [0.15, 0.2) is 59.0 Å². The molecule has 3 aromatic rings. The van der Waals surface area contributed by atoms with Crippen LogP contribution < -0.4 is 15.6 Å². The van der Waals surface area contributed by atoms with Crippen molar-refractivity contribution in [1.82, 2.24) is 14.7 Å². The summed E-state index contributed by atoms with van der Waals surface area (Å²) in [4.78, 5) is 30.3. The minimum atomic E-state index is -0.582. The molecule has 0 aliphatic heterocycles. The summed E-state index contributed by atoms with van der Waals surface area (Å²) in [7, 11) is 0. The van der Waals surface area contributed by atoms with Gasteiger partial charge in [0.15, 0.2) is 0 Å². The van der Waals surface area contributed by atoms with Gasteiger partial charge in [0, 0.05) is 19.3 Å². The molecule has 0 saturated carbocycles. The zero-order chi connectivity index (χ0) is 23.8. The summed E-state index contributed by atoms with van der Waals surface area (Å²) < 4.78 is 12.7. The number of fused-ring (bicyclic) bond motifs is 1. The number of nitriles is 1. The molecule has 0 aliphatic rings. The summed E-state index contributed by atoms with van der Waals surface area (Å²) in [6.07, 6.45) is 3.52. The van der Waals surface area contributed by atoms with Crippen LogP contribution in [0.5, 0.6) is 11.6 Å². The van der Waals surface area contributed by atoms with Gasteiger partial charge in [0.25, 0.3) is 11.5 Å². The van der Waals surface area contributed by atoms with Crippen molar-refractivity contribution in [3.8, 4) is 17.7 Å². The molecule has 0 unspecified atom stereocenters. The Balaban J connectivity index is 1.97. The molecule has 0 radical (unpaired) electrons. The second-order valence-corrected chi connectivity index (χ2v) is 7.63. The van der Waals surface area contributed by atoms with Gasteiger partial charge in [-0.2, -0.15) is 10.2 Å². The fraction of sp³-hybridized carbons (Fsp3) is 0.280. The lowest BCUT2D eigenvalue weighted by Gasteiger charge is -2.11. The lowest BCUT2D eigenvalue weighted by Crippen LogP contribution is -2.27. The number of nitrogens with zero attached hydrogens (tertiary/aromatic N) is 3. The number of carbonyl (C=O) groups excluding carboxylic acids is 1. The number of aryl methyl sites for hydroxylation is 1. The number of hydrogen-bond donors (Lipinski definition) is 1. The monoisotopic (exact) mass is 446 g/mol. The highest BCUT2D eigenvalue weighted by Crippen LogP contribution is 2.24. The number of nitrogens with one attached hydrogen (secondary N) is 1. The fourth-order valence-corrected chi connectivity index (χ4v) is 3.07. The van der Waals surface area contributed by atoms with Gasteiger partial charge >= 0.3 is 0 Å². The largest absolute Gasteiger partial charge is 0.438 e. The summed E-state index contributed by atoms with van der Waals surface area (Å²) in [6.45, 7) is 6.53. The van der Waals surface area contributed by atoms with Crippen LogP contribution in [-0.4, -0.2) is 34.5 Å². The number of ether oxygens (including phenoxy) is 2. The Kier molecular flexibility index (Phi) is 7.95. The lowest BCUT2D eigenvalue weighted by atomic mass is 10.1. The molecular weight excluding hydrogens is 420 g/mol. The van der Waals surface area contributed by atoms with Crippen LogP contribution in [0.2, 0.25) is 0 Å². The van der Waals surface area contributed by atoms with E-state index in [1.54, 1.807) is 36.5 Å². The second-order valence-electron chi connectivity index (χ2n) is 7.63. The summed E-state index contributed by atoms with van der Waals surface area (Å²) in [5.74, 6) is -0.0853. The third-order valence-electron chi connectivity index (χ3n) is 4.72. The average molecular weight is 447 g/mol. The maximum Gasteiger partial charge on any atom is 0.269 e. The van der Waals surface area contributed by atoms with Crippen LogP contribution in [-0.2, 0) is 9.53 Å². The van der Waals surface area contributed by atoms with Crippen molar-refractivity contribution in [3.63, 3.8) is 0 Å². The number of benzene rings is 1. The van der Waals surface area contributed by atoms with Crippen LogP contribution in [0.1, 0.15) is 31.4 Å². The van der Waals surface area contributed by atoms with Gasteiger partial charge in [-0.15, -0.1) is 0 Å². The third-order valence-corrected chi connectivity index (χ3v) is 4.72. The first kappa shape index (κ1) is 23.7. The highest BCUT2D eigenvalue weighted by atomic mass is 16.5. The van der Waals surface area contributed by atoms with E-state index in [0.717, 1.165) is 5.56 Å². The molecule has 2 aromatic heterocycles. The van der Waals surface area contributed by atoms with Crippen molar-refractivity contribution >= 4 is 17.6 Å². The molecule has 2 heterocycles. The smallest absolute Gasteiger partial charge is 0.269 e. The maximum atomic E-state index is 13.3. The predicted octanol–water partition coefficient (Wildman–Crippen LogP) is 3.63. The van der Waals surface area contributed by atoms with Crippen molar-refractivity contribution in [2.24, 2.45) is 0 Å². The summed E-state index contributed by atoms with van der Waals surface area (Å²) in [5, 5.41) is 12.3. The predicted molar refractivity (Wildman–Crippen MR) is 125 cm³/mol. The topological polar surface area (TPSA) is 106 Å². The number of amides is 1. The van der Waals surface area contributed by atoms with E-state index in [-0.39, 0.29) is 23.1 Å². The molecule has 3 rings (SSSR count). The highest BCUT2D eigenvalue weighted by molar-refractivity contribution is 6.01. The number of pyridine rings is 1. The van der Waals surface area contributed by atoms with Gasteiger partial charge in [0.1, 0.15) is 28.6 Å².